The molecule has 2 aliphatic heterocycles. The summed E-state index contributed by atoms with van der Waals surface area (Å²) in [5.41, 5.74) is -2.85. The third-order valence-electron chi connectivity index (χ3n) is 5.83. The Morgan fingerprint density at radius 1 is 0.794 bits per heavy atom. The summed E-state index contributed by atoms with van der Waals surface area (Å²) in [5.74, 6) is -10.0. The minimum absolute atomic E-state index is 0.659. The first kappa shape index (κ1) is 23.2. The maximum absolute atomic E-state index is 13.1. The topological polar surface area (TPSA) is 224 Å². The van der Waals surface area contributed by atoms with E-state index in [9.17, 15) is 50.4 Å². The summed E-state index contributed by atoms with van der Waals surface area (Å²) in [4.78, 5) is 26.0. The van der Waals surface area contributed by atoms with Crippen LogP contribution in [-0.4, -0.2) is 84.0 Å². The zero-order valence-electron chi connectivity index (χ0n) is 17.4. The van der Waals surface area contributed by atoms with Crippen LogP contribution in [-0.2, 0) is 14.2 Å². The van der Waals surface area contributed by atoms with E-state index >= 15 is 0 Å². The number of esters is 2. The number of phenols is 6. The van der Waals surface area contributed by atoms with E-state index in [2.05, 4.69) is 0 Å². The fourth-order valence-electron chi connectivity index (χ4n) is 3.89. The van der Waals surface area contributed by atoms with Crippen molar-refractivity contribution in [1.29, 1.82) is 0 Å². The van der Waals surface area contributed by atoms with Gasteiger partial charge in [-0.3, -0.25) is 0 Å². The Hall–Kier alpha value is -3.94. The summed E-state index contributed by atoms with van der Waals surface area (Å²) in [6.45, 7) is 0.734. The Balaban J connectivity index is 2.02. The molecule has 4 rings (SSSR count). The first-order chi connectivity index (χ1) is 15.9. The van der Waals surface area contributed by atoms with Gasteiger partial charge in [-0.15, -0.1) is 0 Å². The lowest BCUT2D eigenvalue weighted by molar-refractivity contribution is -0.265. The van der Waals surface area contributed by atoms with Crippen LogP contribution in [0.15, 0.2) is 12.1 Å². The van der Waals surface area contributed by atoms with Crippen LogP contribution in [0, 0.1) is 5.92 Å². The van der Waals surface area contributed by atoms with Crippen molar-refractivity contribution in [2.24, 2.45) is 5.92 Å². The van der Waals surface area contributed by atoms with Crippen molar-refractivity contribution in [1.82, 2.24) is 0 Å². The van der Waals surface area contributed by atoms with Crippen LogP contribution >= 0.6 is 0 Å². The highest BCUT2D eigenvalue weighted by Gasteiger charge is 2.46. The number of phenolic OH excluding ortho intramolecular Hbond substituents is 6. The standard InChI is InChI=1S/C21H20O13/c1-5-13(24)18-10(33-19(5)29)4-32-20(30)6-2-8(22)14(25)16(27)11(6)12-7(21(31)34-18)3-9(23)15(26)17(12)28/h2-3,5,10,13,18-19,22-29H,4H2,1H3/t5?,10?,13-,18-,19+/m1/s1. The molecular weight excluding hydrogens is 460 g/mol. The molecule has 0 aromatic heterocycles. The lowest BCUT2D eigenvalue weighted by atomic mass is 9.91. The number of rotatable bonds is 0. The number of benzene rings is 2. The van der Waals surface area contributed by atoms with Gasteiger partial charge in [0.15, 0.2) is 35.4 Å². The van der Waals surface area contributed by atoms with Crippen LogP contribution in [0.2, 0.25) is 0 Å². The van der Waals surface area contributed by atoms with Gasteiger partial charge in [0.25, 0.3) is 0 Å². The summed E-state index contributed by atoms with van der Waals surface area (Å²) in [6.07, 6.45) is -5.86. The van der Waals surface area contributed by atoms with E-state index in [0.717, 1.165) is 0 Å². The highest BCUT2D eigenvalue weighted by molar-refractivity contribution is 6.08. The summed E-state index contributed by atoms with van der Waals surface area (Å²) in [7, 11) is 0. The molecule has 2 unspecified atom stereocenters. The average molecular weight is 480 g/mol. The van der Waals surface area contributed by atoms with E-state index in [0.29, 0.717) is 12.1 Å². The number of cyclic esters (lactones) is 1. The predicted octanol–water partition coefficient (Wildman–Crippen LogP) is -0.00280. The minimum Gasteiger partial charge on any atom is -0.504 e. The highest BCUT2D eigenvalue weighted by Crippen LogP contribution is 2.52. The second-order valence-corrected chi connectivity index (χ2v) is 7.91. The number of aromatic hydroxyl groups is 6. The normalized spacial score (nSPS) is 26.9. The van der Waals surface area contributed by atoms with Crippen molar-refractivity contribution in [3.8, 4) is 45.6 Å². The monoisotopic (exact) mass is 480 g/mol. The van der Waals surface area contributed by atoms with Crippen LogP contribution in [0.5, 0.6) is 34.5 Å². The molecule has 2 aromatic carbocycles. The van der Waals surface area contributed by atoms with Crippen LogP contribution < -0.4 is 0 Å². The molecule has 1 fully saturated rings. The Labute approximate surface area is 190 Å². The van der Waals surface area contributed by atoms with E-state index in [-0.39, 0.29) is 0 Å². The summed E-state index contributed by atoms with van der Waals surface area (Å²) < 4.78 is 15.8. The van der Waals surface area contributed by atoms with E-state index in [1.54, 1.807) is 0 Å². The van der Waals surface area contributed by atoms with Gasteiger partial charge in [-0.2, -0.15) is 0 Å². The number of carbonyl (C=O) groups is 2. The first-order valence-corrected chi connectivity index (χ1v) is 9.89. The summed E-state index contributed by atoms with van der Waals surface area (Å²) in [6, 6.07) is 1.33. The molecule has 0 bridgehead atoms. The van der Waals surface area contributed by atoms with Gasteiger partial charge in [-0.25, -0.2) is 9.59 Å². The predicted molar refractivity (Wildman–Crippen MR) is 107 cm³/mol. The fourth-order valence-corrected chi connectivity index (χ4v) is 3.89. The largest absolute Gasteiger partial charge is 0.504 e. The van der Waals surface area contributed by atoms with Crippen molar-refractivity contribution in [2.45, 2.75) is 31.5 Å². The number of fused-ring (bicyclic) bond motifs is 4. The first-order valence-electron chi connectivity index (χ1n) is 9.89. The van der Waals surface area contributed by atoms with Gasteiger partial charge in [0.1, 0.15) is 18.8 Å². The van der Waals surface area contributed by atoms with E-state index in [1.165, 1.54) is 6.92 Å². The lowest BCUT2D eigenvalue weighted by Gasteiger charge is -2.40. The molecule has 13 heteroatoms. The molecule has 34 heavy (non-hydrogen) atoms. The molecule has 2 aromatic rings. The lowest BCUT2D eigenvalue weighted by Crippen LogP contribution is -2.56. The van der Waals surface area contributed by atoms with Crippen molar-refractivity contribution in [3.63, 3.8) is 0 Å². The van der Waals surface area contributed by atoms with Gasteiger partial charge in [0.05, 0.1) is 11.1 Å². The molecular formula is C21H20O13. The SMILES string of the molecule is CC1[C@@H](O)[C@@H]2OC(=O)c3cc(O)c(O)c(O)c3-c3c(cc(O)c(O)c3O)C(=O)OCC2O[C@@H]1O. The van der Waals surface area contributed by atoms with Crippen LogP contribution in [0.4, 0.5) is 0 Å². The Kier molecular flexibility index (Phi) is 5.55. The third-order valence-corrected chi connectivity index (χ3v) is 5.83. The van der Waals surface area contributed by atoms with Crippen LogP contribution in [0.1, 0.15) is 27.6 Å². The van der Waals surface area contributed by atoms with Crippen LogP contribution in [0.3, 0.4) is 0 Å². The van der Waals surface area contributed by atoms with E-state index in [1.807, 2.05) is 0 Å². The zero-order valence-corrected chi connectivity index (χ0v) is 17.4. The molecule has 1 saturated heterocycles. The quantitative estimate of drug-likeness (QED) is 0.184. The molecule has 2 aliphatic rings. The molecule has 13 nitrogen and oxygen atoms in total. The van der Waals surface area contributed by atoms with Crippen molar-refractivity contribution in [3.05, 3.63) is 23.3 Å². The van der Waals surface area contributed by atoms with Gasteiger partial charge < -0.3 is 55.1 Å². The van der Waals surface area contributed by atoms with Crippen LogP contribution in [0.25, 0.3) is 11.1 Å². The second kappa shape index (κ2) is 8.13. The molecule has 2 heterocycles. The number of ether oxygens (including phenoxy) is 3. The smallest absolute Gasteiger partial charge is 0.339 e. The van der Waals surface area contributed by atoms with Gasteiger partial charge in [0.2, 0.25) is 11.5 Å². The fraction of sp³-hybridized carbons (Fsp3) is 0.333. The average Bonchev–Trinajstić information content (AvgIpc) is 2.81. The van der Waals surface area contributed by atoms with E-state index in [4.69, 9.17) is 14.2 Å². The van der Waals surface area contributed by atoms with E-state index < -0.39 is 106 Å². The van der Waals surface area contributed by atoms with Crippen molar-refractivity contribution in [2.75, 3.05) is 6.61 Å². The molecule has 5 atom stereocenters. The molecule has 0 radical (unpaired) electrons. The van der Waals surface area contributed by atoms with Gasteiger partial charge in [-0.1, -0.05) is 6.92 Å². The number of hydrogen-bond donors (Lipinski definition) is 8. The molecule has 182 valence electrons. The summed E-state index contributed by atoms with van der Waals surface area (Å²) in [5, 5.41) is 81.6. The Morgan fingerprint density at radius 3 is 1.82 bits per heavy atom. The van der Waals surface area contributed by atoms with Gasteiger partial charge in [0, 0.05) is 17.0 Å². The minimum atomic E-state index is -1.51. The third kappa shape index (κ3) is 3.46. The van der Waals surface area contributed by atoms with Gasteiger partial charge in [-0.05, 0) is 12.1 Å². The molecule has 8 N–H and O–H groups in total. The molecule has 0 saturated carbocycles. The maximum atomic E-state index is 13.1. The Bertz CT molecular complexity index is 1190. The molecule has 0 amide bonds. The maximum Gasteiger partial charge on any atom is 0.339 e. The number of aliphatic hydroxyl groups is 2. The van der Waals surface area contributed by atoms with Crippen molar-refractivity contribution >= 4 is 11.9 Å². The number of hydrogen-bond acceptors (Lipinski definition) is 13. The number of carbonyl (C=O) groups excluding carboxylic acids is 2. The van der Waals surface area contributed by atoms with Gasteiger partial charge >= 0.3 is 11.9 Å². The molecule has 0 spiro atoms. The Morgan fingerprint density at radius 2 is 1.29 bits per heavy atom. The highest BCUT2D eigenvalue weighted by atomic mass is 16.7. The molecule has 0 aliphatic carbocycles. The summed E-state index contributed by atoms with van der Waals surface area (Å²) >= 11 is 0. The van der Waals surface area contributed by atoms with Crippen molar-refractivity contribution < 1.29 is 64.7 Å². The number of aliphatic hydroxyl groups excluding tert-OH is 2. The second-order valence-electron chi connectivity index (χ2n) is 7.91. The zero-order chi connectivity index (χ0) is 25.1.